The van der Waals surface area contributed by atoms with Gasteiger partial charge in [0.15, 0.2) is 0 Å². The maximum absolute atomic E-state index is 13.4. The molecule has 2 nitrogen and oxygen atoms in total. The van der Waals surface area contributed by atoms with Crippen LogP contribution in [0.3, 0.4) is 0 Å². The van der Waals surface area contributed by atoms with Crippen molar-refractivity contribution in [2.24, 2.45) is 0 Å². The summed E-state index contributed by atoms with van der Waals surface area (Å²) in [6, 6.07) is 9.08. The molecule has 0 bridgehead atoms. The molecule has 0 aliphatic rings. The first kappa shape index (κ1) is 10.2. The highest BCUT2D eigenvalue weighted by Gasteiger charge is 2.12. The molecule has 0 aliphatic heterocycles. The smallest absolute Gasteiger partial charge is 0.223 e. The van der Waals surface area contributed by atoms with Crippen LogP contribution in [0.2, 0.25) is 0 Å². The second-order valence-corrected chi connectivity index (χ2v) is 3.15. The molecule has 0 spiro atoms. The van der Waals surface area contributed by atoms with Gasteiger partial charge in [-0.25, -0.2) is 9.37 Å². The third kappa shape index (κ3) is 1.75. The molecule has 0 radical (unpaired) electrons. The second kappa shape index (κ2) is 4.07. The van der Waals surface area contributed by atoms with E-state index in [1.165, 1.54) is 12.1 Å². The van der Waals surface area contributed by atoms with Crippen LogP contribution in [0.1, 0.15) is 5.56 Å². The summed E-state index contributed by atoms with van der Waals surface area (Å²) in [7, 11) is 0. The monoisotopic (exact) mass is 216 g/mol. The maximum Gasteiger partial charge on any atom is 0.223 e. The lowest BCUT2D eigenvalue weighted by Crippen LogP contribution is -1.93. The van der Waals surface area contributed by atoms with Crippen LogP contribution >= 0.6 is 0 Å². The summed E-state index contributed by atoms with van der Waals surface area (Å²) in [5.74, 6) is -1.57. The Morgan fingerprint density at radius 2 is 2.00 bits per heavy atom. The highest BCUT2D eigenvalue weighted by atomic mass is 19.1. The number of rotatable bonds is 1. The van der Waals surface area contributed by atoms with Crippen molar-refractivity contribution in [1.29, 1.82) is 5.26 Å². The van der Waals surface area contributed by atoms with Crippen LogP contribution in [0, 0.1) is 23.1 Å². The summed E-state index contributed by atoms with van der Waals surface area (Å²) in [6.07, 6.45) is 1.06. The Bertz CT molecular complexity index is 553. The number of aromatic nitrogens is 1. The van der Waals surface area contributed by atoms with E-state index in [9.17, 15) is 8.78 Å². The van der Waals surface area contributed by atoms with Gasteiger partial charge < -0.3 is 0 Å². The van der Waals surface area contributed by atoms with E-state index in [1.54, 1.807) is 12.1 Å². The molecule has 0 saturated heterocycles. The quantitative estimate of drug-likeness (QED) is 0.687. The molecular weight excluding hydrogens is 210 g/mol. The van der Waals surface area contributed by atoms with Gasteiger partial charge in [0.1, 0.15) is 5.82 Å². The maximum atomic E-state index is 13.4. The summed E-state index contributed by atoms with van der Waals surface area (Å²) in [4.78, 5) is 3.38. The minimum atomic E-state index is -0.880. The van der Waals surface area contributed by atoms with E-state index in [2.05, 4.69) is 4.98 Å². The largest absolute Gasteiger partial charge is 0.228 e. The number of pyridine rings is 1. The molecule has 2 aromatic rings. The Labute approximate surface area is 90.8 Å². The van der Waals surface area contributed by atoms with Gasteiger partial charge in [0.2, 0.25) is 5.95 Å². The summed E-state index contributed by atoms with van der Waals surface area (Å²) >= 11 is 0. The van der Waals surface area contributed by atoms with Gasteiger partial charge in [-0.1, -0.05) is 12.1 Å². The standard InChI is InChI=1S/C12H6F2N2/c13-10-4-5-16-12(14)11(10)9-3-1-2-8(6-9)7-15/h1-6H. The molecular formula is C12H6F2N2. The third-order valence-electron chi connectivity index (χ3n) is 2.13. The highest BCUT2D eigenvalue weighted by Crippen LogP contribution is 2.25. The molecule has 0 atom stereocenters. The first-order valence-electron chi connectivity index (χ1n) is 4.53. The molecule has 0 aliphatic carbocycles. The zero-order valence-electron chi connectivity index (χ0n) is 8.11. The molecule has 1 aromatic carbocycles. The Kier molecular flexibility index (Phi) is 2.61. The van der Waals surface area contributed by atoms with E-state index in [4.69, 9.17) is 5.26 Å². The fourth-order valence-electron chi connectivity index (χ4n) is 1.42. The van der Waals surface area contributed by atoms with Gasteiger partial charge in [0.25, 0.3) is 0 Å². The zero-order valence-corrected chi connectivity index (χ0v) is 8.11. The average molecular weight is 216 g/mol. The molecule has 16 heavy (non-hydrogen) atoms. The van der Waals surface area contributed by atoms with Crippen LogP contribution in [0.4, 0.5) is 8.78 Å². The van der Waals surface area contributed by atoms with Gasteiger partial charge >= 0.3 is 0 Å². The Balaban J connectivity index is 2.64. The molecule has 0 unspecified atom stereocenters. The number of nitriles is 1. The van der Waals surface area contributed by atoms with Crippen LogP contribution in [-0.4, -0.2) is 4.98 Å². The van der Waals surface area contributed by atoms with Crippen molar-refractivity contribution in [3.8, 4) is 17.2 Å². The molecule has 0 N–H and O–H groups in total. The normalized spacial score (nSPS) is 9.81. The number of nitrogens with zero attached hydrogens (tertiary/aromatic N) is 2. The molecule has 0 amide bonds. The van der Waals surface area contributed by atoms with Gasteiger partial charge in [0.05, 0.1) is 17.2 Å². The summed E-state index contributed by atoms with van der Waals surface area (Å²) < 4.78 is 26.7. The predicted octanol–water partition coefficient (Wildman–Crippen LogP) is 2.90. The summed E-state index contributed by atoms with van der Waals surface area (Å²) in [6.45, 7) is 0. The first-order valence-corrected chi connectivity index (χ1v) is 4.53. The van der Waals surface area contributed by atoms with Crippen LogP contribution in [0.5, 0.6) is 0 Å². The number of halogens is 2. The minimum Gasteiger partial charge on any atom is -0.228 e. The topological polar surface area (TPSA) is 36.7 Å². The molecule has 1 heterocycles. The SMILES string of the molecule is N#Cc1cccc(-c2c(F)ccnc2F)c1. The average Bonchev–Trinajstić information content (AvgIpc) is 2.29. The zero-order chi connectivity index (χ0) is 11.5. The van der Waals surface area contributed by atoms with Crippen LogP contribution in [0.25, 0.3) is 11.1 Å². The molecule has 1 aromatic heterocycles. The van der Waals surface area contributed by atoms with Crippen molar-refractivity contribution < 1.29 is 8.78 Å². The minimum absolute atomic E-state index is 0.209. The number of hydrogen-bond donors (Lipinski definition) is 0. The lowest BCUT2D eigenvalue weighted by atomic mass is 10.0. The van der Waals surface area contributed by atoms with E-state index < -0.39 is 11.8 Å². The molecule has 2 rings (SSSR count). The van der Waals surface area contributed by atoms with E-state index >= 15 is 0 Å². The predicted molar refractivity (Wildman–Crippen MR) is 54.3 cm³/mol. The summed E-state index contributed by atoms with van der Waals surface area (Å²) in [5, 5.41) is 8.69. The molecule has 0 fully saturated rings. The fraction of sp³-hybridized carbons (Fsp3) is 0. The Morgan fingerprint density at radius 3 is 2.69 bits per heavy atom. The fourth-order valence-corrected chi connectivity index (χ4v) is 1.42. The van der Waals surface area contributed by atoms with E-state index in [1.807, 2.05) is 6.07 Å². The van der Waals surface area contributed by atoms with Crippen molar-refractivity contribution in [3.63, 3.8) is 0 Å². The van der Waals surface area contributed by atoms with Crippen molar-refractivity contribution in [3.05, 3.63) is 53.9 Å². The first-order chi connectivity index (χ1) is 7.72. The van der Waals surface area contributed by atoms with Crippen LogP contribution in [-0.2, 0) is 0 Å². The molecule has 4 heteroatoms. The highest BCUT2D eigenvalue weighted by molar-refractivity contribution is 5.65. The van der Waals surface area contributed by atoms with E-state index in [-0.39, 0.29) is 5.56 Å². The van der Waals surface area contributed by atoms with Crippen molar-refractivity contribution in [2.75, 3.05) is 0 Å². The van der Waals surface area contributed by atoms with E-state index in [0.717, 1.165) is 12.3 Å². The number of hydrogen-bond acceptors (Lipinski definition) is 2. The van der Waals surface area contributed by atoms with Gasteiger partial charge in [-0.3, -0.25) is 0 Å². The second-order valence-electron chi connectivity index (χ2n) is 3.15. The van der Waals surface area contributed by atoms with Crippen molar-refractivity contribution in [1.82, 2.24) is 4.98 Å². The van der Waals surface area contributed by atoms with Crippen molar-refractivity contribution >= 4 is 0 Å². The van der Waals surface area contributed by atoms with Gasteiger partial charge in [-0.2, -0.15) is 9.65 Å². The Morgan fingerprint density at radius 1 is 1.19 bits per heavy atom. The molecule has 0 saturated carbocycles. The van der Waals surface area contributed by atoms with Crippen molar-refractivity contribution in [2.45, 2.75) is 0 Å². The molecule has 78 valence electrons. The van der Waals surface area contributed by atoms with Crippen LogP contribution < -0.4 is 0 Å². The third-order valence-corrected chi connectivity index (χ3v) is 2.13. The number of benzene rings is 1. The lowest BCUT2D eigenvalue weighted by molar-refractivity contribution is 0.558. The Hall–Kier alpha value is -2.28. The van der Waals surface area contributed by atoms with Crippen LogP contribution in [0.15, 0.2) is 36.5 Å². The van der Waals surface area contributed by atoms with Gasteiger partial charge in [0, 0.05) is 6.20 Å². The summed E-state index contributed by atoms with van der Waals surface area (Å²) in [5.41, 5.74) is 0.446. The van der Waals surface area contributed by atoms with E-state index in [0.29, 0.717) is 11.1 Å². The lowest BCUT2D eigenvalue weighted by Gasteiger charge is -2.03. The van der Waals surface area contributed by atoms with Gasteiger partial charge in [-0.05, 0) is 23.8 Å². The van der Waals surface area contributed by atoms with Gasteiger partial charge in [-0.15, -0.1) is 0 Å².